The number of thiophene rings is 1. The summed E-state index contributed by atoms with van der Waals surface area (Å²) < 4.78 is 21.2. The molecule has 2 aromatic carbocycles. The van der Waals surface area contributed by atoms with Crippen molar-refractivity contribution in [1.82, 2.24) is 5.32 Å². The lowest BCUT2D eigenvalue weighted by Crippen LogP contribution is -2.40. The van der Waals surface area contributed by atoms with Crippen LogP contribution in [0, 0.1) is 5.82 Å². The molecule has 4 nitrogen and oxygen atoms in total. The van der Waals surface area contributed by atoms with E-state index in [1.54, 1.807) is 6.07 Å². The maximum absolute atomic E-state index is 14.6. The number of nitrogens with two attached hydrogens (primary N) is 1. The van der Waals surface area contributed by atoms with E-state index < -0.39 is 0 Å². The standard InChI is InChI=1S/C22H23FN2O2S.ClH/c23-18-7-4-8-19-20(18)17(13-27-16-5-2-1-3-6-16)21(28-19)22(26)25-15-11-9-14(24)10-12-15;/h1-8,14-15H,9-13,24H2,(H,25,26);1H. The highest BCUT2D eigenvalue weighted by Crippen LogP contribution is 2.34. The van der Waals surface area contributed by atoms with Crippen molar-refractivity contribution in [2.45, 2.75) is 44.4 Å². The molecule has 1 aromatic heterocycles. The smallest absolute Gasteiger partial charge is 0.262 e. The van der Waals surface area contributed by atoms with Gasteiger partial charge in [-0.2, -0.15) is 0 Å². The van der Waals surface area contributed by atoms with E-state index in [9.17, 15) is 9.18 Å². The van der Waals surface area contributed by atoms with Crippen LogP contribution in [-0.4, -0.2) is 18.0 Å². The van der Waals surface area contributed by atoms with Crippen LogP contribution in [0.3, 0.4) is 0 Å². The Hall–Kier alpha value is -2.15. The summed E-state index contributed by atoms with van der Waals surface area (Å²) in [7, 11) is 0. The highest BCUT2D eigenvalue weighted by molar-refractivity contribution is 7.21. The Balaban J connectivity index is 0.00000240. The lowest BCUT2D eigenvalue weighted by molar-refractivity contribution is 0.0928. The molecule has 1 heterocycles. The lowest BCUT2D eigenvalue weighted by Gasteiger charge is -2.26. The second-order valence-electron chi connectivity index (χ2n) is 7.21. The van der Waals surface area contributed by atoms with Gasteiger partial charge in [0.05, 0.1) is 4.88 Å². The normalized spacial score (nSPS) is 18.8. The van der Waals surface area contributed by atoms with Gasteiger partial charge < -0.3 is 15.8 Å². The molecule has 1 fully saturated rings. The maximum Gasteiger partial charge on any atom is 0.262 e. The summed E-state index contributed by atoms with van der Waals surface area (Å²) in [4.78, 5) is 13.5. The molecule has 3 aromatic rings. The monoisotopic (exact) mass is 434 g/mol. The number of fused-ring (bicyclic) bond motifs is 1. The number of para-hydroxylation sites is 1. The Morgan fingerprint density at radius 3 is 2.55 bits per heavy atom. The van der Waals surface area contributed by atoms with E-state index >= 15 is 0 Å². The molecular formula is C22H24ClFN2O2S. The molecule has 0 saturated heterocycles. The Morgan fingerprint density at radius 1 is 1.10 bits per heavy atom. The predicted molar refractivity (Wildman–Crippen MR) is 118 cm³/mol. The molecule has 29 heavy (non-hydrogen) atoms. The number of hydrogen-bond donors (Lipinski definition) is 2. The SMILES string of the molecule is Cl.NC1CCC(NC(=O)c2sc3cccc(F)c3c2COc2ccccc2)CC1. The molecule has 1 saturated carbocycles. The molecule has 4 rings (SSSR count). The number of carbonyl (C=O) groups is 1. The van der Waals surface area contributed by atoms with Gasteiger partial charge in [-0.1, -0.05) is 24.3 Å². The summed E-state index contributed by atoms with van der Waals surface area (Å²) in [5.41, 5.74) is 6.56. The van der Waals surface area contributed by atoms with Crippen LogP contribution < -0.4 is 15.8 Å². The number of halogens is 2. The number of ether oxygens (including phenoxy) is 1. The number of nitrogens with one attached hydrogen (secondary N) is 1. The Labute approximate surface area is 179 Å². The summed E-state index contributed by atoms with van der Waals surface area (Å²) in [6, 6.07) is 14.6. The number of hydrogen-bond acceptors (Lipinski definition) is 4. The van der Waals surface area contributed by atoms with Crippen molar-refractivity contribution < 1.29 is 13.9 Å². The van der Waals surface area contributed by atoms with Crippen LogP contribution in [0.1, 0.15) is 40.9 Å². The van der Waals surface area contributed by atoms with Crippen molar-refractivity contribution in [2.75, 3.05) is 0 Å². The minimum absolute atomic E-state index is 0. The number of carbonyl (C=O) groups excluding carboxylic acids is 1. The van der Waals surface area contributed by atoms with Gasteiger partial charge in [0.2, 0.25) is 0 Å². The lowest BCUT2D eigenvalue weighted by atomic mass is 9.92. The van der Waals surface area contributed by atoms with E-state index in [1.165, 1.54) is 17.4 Å². The Bertz CT molecular complexity index is 972. The van der Waals surface area contributed by atoms with Crippen molar-refractivity contribution in [3.05, 3.63) is 64.8 Å². The minimum Gasteiger partial charge on any atom is -0.489 e. The summed E-state index contributed by atoms with van der Waals surface area (Å²) in [6.45, 7) is 0.142. The zero-order chi connectivity index (χ0) is 19.5. The van der Waals surface area contributed by atoms with Gasteiger partial charge in [0.25, 0.3) is 5.91 Å². The van der Waals surface area contributed by atoms with Crippen molar-refractivity contribution in [1.29, 1.82) is 0 Å². The van der Waals surface area contributed by atoms with Crippen LogP contribution in [0.15, 0.2) is 48.5 Å². The van der Waals surface area contributed by atoms with E-state index in [1.807, 2.05) is 36.4 Å². The number of benzene rings is 2. The molecule has 0 spiro atoms. The molecule has 154 valence electrons. The molecule has 0 radical (unpaired) electrons. The fourth-order valence-corrected chi connectivity index (χ4v) is 4.80. The first-order valence-electron chi connectivity index (χ1n) is 9.56. The van der Waals surface area contributed by atoms with E-state index in [2.05, 4.69) is 5.32 Å². The number of amides is 1. The van der Waals surface area contributed by atoms with Crippen molar-refractivity contribution in [3.63, 3.8) is 0 Å². The van der Waals surface area contributed by atoms with E-state index in [0.29, 0.717) is 21.6 Å². The highest BCUT2D eigenvalue weighted by atomic mass is 35.5. The first kappa shape index (κ1) is 21.6. The maximum atomic E-state index is 14.6. The topological polar surface area (TPSA) is 64.3 Å². The van der Waals surface area contributed by atoms with Crippen LogP contribution in [0.2, 0.25) is 0 Å². The van der Waals surface area contributed by atoms with Crippen molar-refractivity contribution in [2.24, 2.45) is 5.73 Å². The van der Waals surface area contributed by atoms with Crippen LogP contribution in [0.4, 0.5) is 4.39 Å². The molecule has 0 atom stereocenters. The Kier molecular flexibility index (Phi) is 7.11. The van der Waals surface area contributed by atoms with Gasteiger partial charge in [-0.05, 0) is 49.9 Å². The number of rotatable bonds is 5. The van der Waals surface area contributed by atoms with Gasteiger partial charge in [0.1, 0.15) is 18.2 Å². The fraction of sp³-hybridized carbons (Fsp3) is 0.318. The molecule has 1 amide bonds. The van der Waals surface area contributed by atoms with Crippen LogP contribution in [-0.2, 0) is 6.61 Å². The summed E-state index contributed by atoms with van der Waals surface area (Å²) in [5, 5.41) is 3.58. The van der Waals surface area contributed by atoms with E-state index in [4.69, 9.17) is 10.5 Å². The molecule has 0 bridgehead atoms. The third kappa shape index (κ3) is 4.89. The molecule has 0 unspecified atom stereocenters. The first-order valence-corrected chi connectivity index (χ1v) is 10.4. The van der Waals surface area contributed by atoms with E-state index in [-0.39, 0.29) is 42.8 Å². The van der Waals surface area contributed by atoms with Gasteiger partial charge in [0, 0.05) is 27.7 Å². The van der Waals surface area contributed by atoms with Crippen LogP contribution >= 0.6 is 23.7 Å². The third-order valence-corrected chi connectivity index (χ3v) is 6.40. The summed E-state index contributed by atoms with van der Waals surface area (Å²) in [5.74, 6) is 0.196. The van der Waals surface area contributed by atoms with Crippen LogP contribution in [0.25, 0.3) is 10.1 Å². The molecule has 0 aliphatic heterocycles. The minimum atomic E-state index is -0.330. The highest BCUT2D eigenvalue weighted by Gasteiger charge is 2.25. The third-order valence-electron chi connectivity index (χ3n) is 5.20. The molecule has 7 heteroatoms. The fourth-order valence-electron chi connectivity index (χ4n) is 3.68. The molecule has 1 aliphatic rings. The zero-order valence-corrected chi connectivity index (χ0v) is 17.5. The predicted octanol–water partition coefficient (Wildman–Crippen LogP) is 5.04. The van der Waals surface area contributed by atoms with Crippen molar-refractivity contribution >= 4 is 39.7 Å². The second-order valence-corrected chi connectivity index (χ2v) is 8.26. The van der Waals surface area contributed by atoms with Gasteiger partial charge in [-0.15, -0.1) is 23.7 Å². The molecule has 3 N–H and O–H groups in total. The molecular weight excluding hydrogens is 411 g/mol. The van der Waals surface area contributed by atoms with Gasteiger partial charge in [-0.3, -0.25) is 4.79 Å². The van der Waals surface area contributed by atoms with Gasteiger partial charge in [0.15, 0.2) is 0 Å². The second kappa shape index (κ2) is 9.57. The van der Waals surface area contributed by atoms with Crippen LogP contribution in [0.5, 0.6) is 5.75 Å². The average Bonchev–Trinajstić information content (AvgIpc) is 3.09. The quantitative estimate of drug-likeness (QED) is 0.591. The Morgan fingerprint density at radius 2 is 1.83 bits per heavy atom. The summed E-state index contributed by atoms with van der Waals surface area (Å²) in [6.07, 6.45) is 3.58. The first-order chi connectivity index (χ1) is 13.6. The summed E-state index contributed by atoms with van der Waals surface area (Å²) >= 11 is 1.31. The van der Waals surface area contributed by atoms with Gasteiger partial charge >= 0.3 is 0 Å². The zero-order valence-electron chi connectivity index (χ0n) is 15.9. The van der Waals surface area contributed by atoms with Gasteiger partial charge in [-0.25, -0.2) is 4.39 Å². The molecule has 1 aliphatic carbocycles. The van der Waals surface area contributed by atoms with Crippen molar-refractivity contribution in [3.8, 4) is 5.75 Å². The van der Waals surface area contributed by atoms with E-state index in [0.717, 1.165) is 30.4 Å². The average molecular weight is 435 g/mol. The largest absolute Gasteiger partial charge is 0.489 e.